The van der Waals surface area contributed by atoms with Crippen molar-refractivity contribution in [2.75, 3.05) is 10.5 Å². The highest BCUT2D eigenvalue weighted by Crippen LogP contribution is 2.21. The molecule has 0 fully saturated rings. The topological polar surface area (TPSA) is 59.1 Å². The zero-order valence-corrected chi connectivity index (χ0v) is 13.5. The van der Waals surface area contributed by atoms with Crippen LogP contribution in [0.15, 0.2) is 16.6 Å². The van der Waals surface area contributed by atoms with Gasteiger partial charge in [0.15, 0.2) is 0 Å². The maximum absolute atomic E-state index is 11.9. The Bertz CT molecular complexity index is 521. The molecule has 102 valence electrons. The summed E-state index contributed by atoms with van der Waals surface area (Å²) in [4.78, 5) is 4.17. The lowest BCUT2D eigenvalue weighted by molar-refractivity contribution is 0.397. The van der Waals surface area contributed by atoms with Crippen LogP contribution in [-0.2, 0) is 10.0 Å². The first-order valence-corrected chi connectivity index (χ1v) is 8.17. The van der Waals surface area contributed by atoms with Gasteiger partial charge in [0.25, 0.3) is 0 Å². The van der Waals surface area contributed by atoms with Crippen molar-refractivity contribution in [3.63, 3.8) is 0 Å². The fourth-order valence-corrected chi connectivity index (χ4v) is 2.89. The van der Waals surface area contributed by atoms with Crippen LogP contribution in [0.25, 0.3) is 0 Å². The van der Waals surface area contributed by atoms with E-state index >= 15 is 0 Å². The summed E-state index contributed by atoms with van der Waals surface area (Å²) in [6.07, 6.45) is 0.609. The SMILES string of the molecule is Cc1nc(NS(=O)(=O)CCC(C)(C)C)ccc1Br. The number of aromatic nitrogens is 1. The smallest absolute Gasteiger partial charge is 0.233 e. The summed E-state index contributed by atoms with van der Waals surface area (Å²) < 4.78 is 27.1. The molecule has 0 aromatic carbocycles. The number of aryl methyl sites for hydroxylation is 1. The minimum atomic E-state index is -3.33. The second-order valence-electron chi connectivity index (χ2n) is 5.50. The molecule has 0 saturated heterocycles. The van der Waals surface area contributed by atoms with Crippen LogP contribution in [-0.4, -0.2) is 19.2 Å². The van der Waals surface area contributed by atoms with Crippen molar-refractivity contribution in [2.24, 2.45) is 5.41 Å². The molecule has 1 N–H and O–H groups in total. The van der Waals surface area contributed by atoms with Gasteiger partial charge in [-0.3, -0.25) is 4.72 Å². The third kappa shape index (κ3) is 5.35. The van der Waals surface area contributed by atoms with Gasteiger partial charge >= 0.3 is 0 Å². The van der Waals surface area contributed by atoms with Gasteiger partial charge in [-0.2, -0.15) is 0 Å². The van der Waals surface area contributed by atoms with Gasteiger partial charge in [0.2, 0.25) is 10.0 Å². The van der Waals surface area contributed by atoms with Crippen molar-refractivity contribution in [3.8, 4) is 0 Å². The van der Waals surface area contributed by atoms with E-state index < -0.39 is 10.0 Å². The molecule has 0 aliphatic carbocycles. The van der Waals surface area contributed by atoms with Gasteiger partial charge in [-0.1, -0.05) is 20.8 Å². The third-order valence-corrected chi connectivity index (χ3v) is 4.50. The Morgan fingerprint density at radius 2 is 1.94 bits per heavy atom. The Morgan fingerprint density at radius 3 is 2.44 bits per heavy atom. The molecule has 1 heterocycles. The van der Waals surface area contributed by atoms with Gasteiger partial charge in [0.1, 0.15) is 5.82 Å². The number of nitrogens with one attached hydrogen (secondary N) is 1. The molecular weight excluding hydrogens is 316 g/mol. The maximum atomic E-state index is 11.9. The first kappa shape index (κ1) is 15.4. The second-order valence-corrected chi connectivity index (χ2v) is 8.19. The monoisotopic (exact) mass is 334 g/mol. The van der Waals surface area contributed by atoms with Crippen molar-refractivity contribution in [1.29, 1.82) is 0 Å². The fraction of sp³-hybridized carbons (Fsp3) is 0.583. The summed E-state index contributed by atoms with van der Waals surface area (Å²) in [5.74, 6) is 0.470. The van der Waals surface area contributed by atoms with Crippen molar-refractivity contribution < 1.29 is 8.42 Å². The molecule has 18 heavy (non-hydrogen) atoms. The number of hydrogen-bond acceptors (Lipinski definition) is 3. The number of rotatable bonds is 4. The standard InChI is InChI=1S/C12H19BrN2O2S/c1-9-10(13)5-6-11(14-9)15-18(16,17)8-7-12(2,3)4/h5-6H,7-8H2,1-4H3,(H,14,15). The van der Waals surface area contributed by atoms with Crippen molar-refractivity contribution in [1.82, 2.24) is 4.98 Å². The minimum absolute atomic E-state index is 0.00217. The van der Waals surface area contributed by atoms with Crippen molar-refractivity contribution >= 4 is 31.8 Å². The summed E-state index contributed by atoms with van der Waals surface area (Å²) in [5, 5.41) is 0. The zero-order chi connectivity index (χ0) is 14.0. The Balaban J connectivity index is 2.74. The van der Waals surface area contributed by atoms with E-state index in [-0.39, 0.29) is 11.2 Å². The predicted octanol–water partition coefficient (Wildman–Crippen LogP) is 3.33. The Hall–Kier alpha value is -0.620. The van der Waals surface area contributed by atoms with Crippen LogP contribution in [0.1, 0.15) is 32.9 Å². The normalized spacial score (nSPS) is 12.5. The molecule has 1 aromatic heterocycles. The van der Waals surface area contributed by atoms with E-state index in [0.29, 0.717) is 12.2 Å². The lowest BCUT2D eigenvalue weighted by Crippen LogP contribution is -2.21. The van der Waals surface area contributed by atoms with Crippen LogP contribution >= 0.6 is 15.9 Å². The van der Waals surface area contributed by atoms with Crippen LogP contribution in [0.2, 0.25) is 0 Å². The quantitative estimate of drug-likeness (QED) is 0.918. The summed E-state index contributed by atoms with van der Waals surface area (Å²) in [5.41, 5.74) is 0.753. The van der Waals surface area contributed by atoms with Gasteiger partial charge in [-0.15, -0.1) is 0 Å². The van der Waals surface area contributed by atoms with Gasteiger partial charge in [-0.05, 0) is 46.8 Å². The lowest BCUT2D eigenvalue weighted by atomic mass is 9.94. The van der Waals surface area contributed by atoms with E-state index in [9.17, 15) is 8.42 Å². The number of nitrogens with zero attached hydrogens (tertiary/aromatic N) is 1. The molecule has 0 amide bonds. The number of hydrogen-bond donors (Lipinski definition) is 1. The molecular formula is C12H19BrN2O2S. The van der Waals surface area contributed by atoms with Crippen LogP contribution in [0.3, 0.4) is 0 Å². The van der Waals surface area contributed by atoms with Crippen LogP contribution in [0.4, 0.5) is 5.82 Å². The predicted molar refractivity (Wildman–Crippen MR) is 78.2 cm³/mol. The Labute approximate surface area is 117 Å². The van der Waals surface area contributed by atoms with E-state index in [0.717, 1.165) is 10.2 Å². The highest BCUT2D eigenvalue weighted by Gasteiger charge is 2.17. The van der Waals surface area contributed by atoms with Crippen LogP contribution in [0, 0.1) is 12.3 Å². The first-order chi connectivity index (χ1) is 8.09. The average Bonchev–Trinajstić information content (AvgIpc) is 2.20. The average molecular weight is 335 g/mol. The third-order valence-electron chi connectivity index (χ3n) is 2.40. The summed E-state index contributed by atoms with van der Waals surface area (Å²) >= 11 is 3.33. The summed E-state index contributed by atoms with van der Waals surface area (Å²) in [6.45, 7) is 7.87. The van der Waals surface area contributed by atoms with E-state index in [1.54, 1.807) is 12.1 Å². The van der Waals surface area contributed by atoms with Gasteiger partial charge in [-0.25, -0.2) is 13.4 Å². The second kappa shape index (κ2) is 5.57. The molecule has 1 aromatic rings. The highest BCUT2D eigenvalue weighted by molar-refractivity contribution is 9.10. The number of pyridine rings is 1. The first-order valence-electron chi connectivity index (χ1n) is 5.73. The van der Waals surface area contributed by atoms with Gasteiger partial charge in [0, 0.05) is 4.47 Å². The fourth-order valence-electron chi connectivity index (χ4n) is 1.25. The Kier molecular flexibility index (Phi) is 4.78. The highest BCUT2D eigenvalue weighted by atomic mass is 79.9. The number of anilines is 1. The molecule has 4 nitrogen and oxygen atoms in total. The molecule has 0 radical (unpaired) electrons. The van der Waals surface area contributed by atoms with Crippen molar-refractivity contribution in [3.05, 3.63) is 22.3 Å². The van der Waals surface area contributed by atoms with Gasteiger partial charge < -0.3 is 0 Å². The van der Waals surface area contributed by atoms with E-state index in [1.165, 1.54) is 0 Å². The molecule has 0 unspecified atom stereocenters. The Morgan fingerprint density at radius 1 is 1.33 bits per heavy atom. The molecule has 0 atom stereocenters. The lowest BCUT2D eigenvalue weighted by Gasteiger charge is -2.18. The summed E-state index contributed by atoms with van der Waals surface area (Å²) in [7, 11) is -3.33. The molecule has 0 bridgehead atoms. The van der Waals surface area contributed by atoms with Gasteiger partial charge in [0.05, 0.1) is 11.4 Å². The number of halogens is 1. The van der Waals surface area contributed by atoms with Crippen LogP contribution in [0.5, 0.6) is 0 Å². The zero-order valence-electron chi connectivity index (χ0n) is 11.1. The summed E-state index contributed by atoms with van der Waals surface area (Å²) in [6, 6.07) is 3.43. The largest absolute Gasteiger partial charge is 0.267 e. The number of sulfonamides is 1. The van der Waals surface area contributed by atoms with Crippen molar-refractivity contribution in [2.45, 2.75) is 34.1 Å². The van der Waals surface area contributed by atoms with E-state index in [4.69, 9.17) is 0 Å². The maximum Gasteiger partial charge on any atom is 0.233 e. The minimum Gasteiger partial charge on any atom is -0.267 e. The molecule has 0 saturated carbocycles. The molecule has 1 rings (SSSR count). The molecule has 0 aliphatic rings. The molecule has 6 heteroatoms. The molecule has 0 spiro atoms. The van der Waals surface area contributed by atoms with E-state index in [1.807, 2.05) is 27.7 Å². The van der Waals surface area contributed by atoms with E-state index in [2.05, 4.69) is 25.6 Å². The van der Waals surface area contributed by atoms with Crippen LogP contribution < -0.4 is 4.72 Å². The molecule has 0 aliphatic heterocycles.